The molecule has 5 atom stereocenters. The van der Waals surface area contributed by atoms with Crippen LogP contribution in [0.4, 0.5) is 0 Å². The predicted octanol–water partition coefficient (Wildman–Crippen LogP) is 20.7. The summed E-state index contributed by atoms with van der Waals surface area (Å²) in [5.41, 5.74) is 0. The van der Waals surface area contributed by atoms with Gasteiger partial charge in [-0.2, -0.15) is 0 Å². The van der Waals surface area contributed by atoms with E-state index >= 15 is 0 Å². The molecule has 0 amide bonds. The first kappa shape index (κ1) is 88.1. The highest BCUT2D eigenvalue weighted by atomic mass is 31.2. The number of rotatable bonds is 72. The van der Waals surface area contributed by atoms with Gasteiger partial charge in [-0.3, -0.25) is 37.3 Å². The first-order valence-electron chi connectivity index (χ1n) is 37.3. The van der Waals surface area contributed by atoms with Crippen LogP contribution in [-0.4, -0.2) is 96.7 Å². The number of hydrogen-bond donors (Lipinski definition) is 3. The standard InChI is InChI=1S/C71H138O17P2/c1-5-9-13-17-20-23-25-27-29-31-33-35-37-39-42-44-48-52-56-69(74)82-62-67(88-71(76)58-54-50-46-43-40-38-36-34-32-30-28-26-24-21-18-14-10-6-2)64-86-90(79,80)84-60-65(72)59-83-89(77,78)85-63-66(61-81-68(73)55-51-47-16-12-8-4)87-70(75)57-53-49-45-41-22-19-15-11-7-3/h65-67,72H,5-64H2,1-4H3,(H,77,78)(H,79,80)/t65-,66+,67+/m0/s1. The Kier molecular flexibility index (Phi) is 64.3. The lowest BCUT2D eigenvalue weighted by atomic mass is 10.0. The van der Waals surface area contributed by atoms with Gasteiger partial charge in [0, 0.05) is 25.7 Å². The fraction of sp³-hybridized carbons (Fsp3) is 0.944. The average Bonchev–Trinajstić information content (AvgIpc) is 3.73. The molecule has 0 fully saturated rings. The largest absolute Gasteiger partial charge is 0.472 e. The third-order valence-corrected chi connectivity index (χ3v) is 18.5. The maximum atomic E-state index is 13.0. The van der Waals surface area contributed by atoms with E-state index in [-0.39, 0.29) is 25.7 Å². The average molecular weight is 1330 g/mol. The lowest BCUT2D eigenvalue weighted by Gasteiger charge is -2.21. The Bertz CT molecular complexity index is 1720. The number of carbonyl (C=O) groups excluding carboxylic acids is 4. The van der Waals surface area contributed by atoms with Gasteiger partial charge in [-0.1, -0.05) is 323 Å². The Morgan fingerprint density at radius 3 is 0.656 bits per heavy atom. The number of hydrogen-bond acceptors (Lipinski definition) is 15. The van der Waals surface area contributed by atoms with Crippen LogP contribution in [0, 0.1) is 0 Å². The maximum absolute atomic E-state index is 13.0. The molecular weight excluding hydrogens is 1190 g/mol. The van der Waals surface area contributed by atoms with E-state index in [9.17, 15) is 43.2 Å². The van der Waals surface area contributed by atoms with E-state index in [2.05, 4.69) is 27.7 Å². The van der Waals surface area contributed by atoms with Gasteiger partial charge in [0.25, 0.3) is 0 Å². The van der Waals surface area contributed by atoms with Crippen molar-refractivity contribution in [1.82, 2.24) is 0 Å². The summed E-state index contributed by atoms with van der Waals surface area (Å²) < 4.78 is 68.0. The molecule has 0 bridgehead atoms. The molecule has 2 unspecified atom stereocenters. The molecule has 0 aliphatic heterocycles. The third kappa shape index (κ3) is 64.8. The number of aliphatic hydroxyl groups excluding tert-OH is 1. The van der Waals surface area contributed by atoms with Gasteiger partial charge in [-0.15, -0.1) is 0 Å². The van der Waals surface area contributed by atoms with Crippen molar-refractivity contribution < 1.29 is 80.2 Å². The van der Waals surface area contributed by atoms with E-state index in [4.69, 9.17) is 37.0 Å². The van der Waals surface area contributed by atoms with Crippen molar-refractivity contribution in [1.29, 1.82) is 0 Å². The summed E-state index contributed by atoms with van der Waals surface area (Å²) in [6.07, 6.45) is 54.6. The van der Waals surface area contributed by atoms with Crippen molar-refractivity contribution in [2.75, 3.05) is 39.6 Å². The maximum Gasteiger partial charge on any atom is 0.472 e. The van der Waals surface area contributed by atoms with Crippen LogP contribution in [0.15, 0.2) is 0 Å². The summed E-state index contributed by atoms with van der Waals surface area (Å²) in [6.45, 7) is 4.85. The molecule has 0 radical (unpaired) electrons. The van der Waals surface area contributed by atoms with Crippen molar-refractivity contribution >= 4 is 39.5 Å². The first-order chi connectivity index (χ1) is 43.7. The highest BCUT2D eigenvalue weighted by molar-refractivity contribution is 7.47. The van der Waals surface area contributed by atoms with Crippen molar-refractivity contribution in [3.8, 4) is 0 Å². The Morgan fingerprint density at radius 2 is 0.444 bits per heavy atom. The summed E-state index contributed by atoms with van der Waals surface area (Å²) in [5, 5.41) is 10.6. The number of esters is 4. The molecule has 0 heterocycles. The molecule has 0 saturated heterocycles. The highest BCUT2D eigenvalue weighted by Gasteiger charge is 2.30. The second kappa shape index (κ2) is 65.7. The van der Waals surface area contributed by atoms with E-state index in [1.807, 2.05) is 0 Å². The molecule has 0 saturated carbocycles. The number of ether oxygens (including phenoxy) is 4. The Labute approximate surface area is 549 Å². The molecular formula is C71H138O17P2. The lowest BCUT2D eigenvalue weighted by molar-refractivity contribution is -0.161. The molecule has 17 nitrogen and oxygen atoms in total. The number of unbranched alkanes of at least 4 members (excludes halogenated alkanes) is 46. The Hall–Kier alpha value is -1.94. The highest BCUT2D eigenvalue weighted by Crippen LogP contribution is 2.45. The van der Waals surface area contributed by atoms with Gasteiger partial charge in [0.05, 0.1) is 26.4 Å². The molecule has 3 N–H and O–H groups in total. The van der Waals surface area contributed by atoms with Crippen molar-refractivity contribution in [3.05, 3.63) is 0 Å². The normalized spacial score (nSPS) is 14.0. The van der Waals surface area contributed by atoms with E-state index < -0.39 is 97.5 Å². The molecule has 0 aromatic carbocycles. The van der Waals surface area contributed by atoms with Crippen LogP contribution in [0.1, 0.15) is 374 Å². The minimum Gasteiger partial charge on any atom is -0.462 e. The van der Waals surface area contributed by atoms with Gasteiger partial charge >= 0.3 is 39.5 Å². The zero-order valence-electron chi connectivity index (χ0n) is 58.1. The van der Waals surface area contributed by atoms with Gasteiger partial charge in [0.1, 0.15) is 19.3 Å². The fourth-order valence-electron chi connectivity index (χ4n) is 10.9. The van der Waals surface area contributed by atoms with E-state index in [0.717, 1.165) is 96.3 Å². The fourth-order valence-corrected chi connectivity index (χ4v) is 12.4. The minimum absolute atomic E-state index is 0.105. The number of phosphoric ester groups is 2. The summed E-state index contributed by atoms with van der Waals surface area (Å²) in [6, 6.07) is 0. The minimum atomic E-state index is -4.95. The lowest BCUT2D eigenvalue weighted by Crippen LogP contribution is -2.30. The van der Waals surface area contributed by atoms with Crippen LogP contribution >= 0.6 is 15.6 Å². The molecule has 0 aliphatic rings. The Morgan fingerprint density at radius 1 is 0.267 bits per heavy atom. The summed E-state index contributed by atoms with van der Waals surface area (Å²) in [5.74, 6) is -2.13. The topological polar surface area (TPSA) is 237 Å². The predicted molar refractivity (Wildman–Crippen MR) is 363 cm³/mol. The molecule has 90 heavy (non-hydrogen) atoms. The molecule has 0 aromatic heterocycles. The number of aliphatic hydroxyl groups is 1. The second-order valence-electron chi connectivity index (χ2n) is 25.6. The van der Waals surface area contributed by atoms with Gasteiger partial charge < -0.3 is 33.8 Å². The van der Waals surface area contributed by atoms with Crippen LogP contribution in [0.25, 0.3) is 0 Å². The van der Waals surface area contributed by atoms with Crippen molar-refractivity contribution in [2.24, 2.45) is 0 Å². The molecule has 0 aromatic rings. The quantitative estimate of drug-likeness (QED) is 0.0222. The van der Waals surface area contributed by atoms with E-state index in [1.54, 1.807) is 0 Å². The van der Waals surface area contributed by atoms with E-state index in [0.29, 0.717) is 25.7 Å². The smallest absolute Gasteiger partial charge is 0.462 e. The number of phosphoric acid groups is 2. The summed E-state index contributed by atoms with van der Waals surface area (Å²) in [7, 11) is -9.89. The van der Waals surface area contributed by atoms with Crippen molar-refractivity contribution in [3.63, 3.8) is 0 Å². The van der Waals surface area contributed by atoms with Crippen LogP contribution in [0.3, 0.4) is 0 Å². The SMILES string of the molecule is CCCCCCCCCCCCCCCCCCCCC(=O)OC[C@H](COP(=O)(O)OC[C@@H](O)COP(=O)(O)OC[C@@H](COC(=O)CCCCCCC)OC(=O)CCCCCCCCCCC)OC(=O)CCCCCCCCCCCCCCCCCCCC. The third-order valence-electron chi connectivity index (χ3n) is 16.6. The second-order valence-corrected chi connectivity index (χ2v) is 28.5. The Balaban J connectivity index is 5.12. The van der Waals surface area contributed by atoms with Gasteiger partial charge in [-0.05, 0) is 25.7 Å². The molecule has 0 spiro atoms. The molecule has 0 aliphatic carbocycles. The van der Waals surface area contributed by atoms with Gasteiger partial charge in [0.2, 0.25) is 0 Å². The van der Waals surface area contributed by atoms with Crippen LogP contribution in [-0.2, 0) is 65.4 Å². The van der Waals surface area contributed by atoms with Crippen LogP contribution in [0.2, 0.25) is 0 Å². The first-order valence-corrected chi connectivity index (χ1v) is 40.3. The molecule has 19 heteroatoms. The van der Waals surface area contributed by atoms with E-state index in [1.165, 1.54) is 199 Å². The zero-order valence-corrected chi connectivity index (χ0v) is 59.9. The monoisotopic (exact) mass is 1320 g/mol. The summed E-state index contributed by atoms with van der Waals surface area (Å²) in [4.78, 5) is 72.2. The zero-order chi connectivity index (χ0) is 66.1. The molecule has 534 valence electrons. The van der Waals surface area contributed by atoms with Crippen molar-refractivity contribution in [2.45, 2.75) is 393 Å². The summed E-state index contributed by atoms with van der Waals surface area (Å²) >= 11 is 0. The van der Waals surface area contributed by atoms with Crippen LogP contribution < -0.4 is 0 Å². The van der Waals surface area contributed by atoms with Crippen LogP contribution in [0.5, 0.6) is 0 Å². The number of carbonyl (C=O) groups is 4. The molecule has 0 rings (SSSR count). The van der Waals surface area contributed by atoms with Gasteiger partial charge in [0.15, 0.2) is 12.2 Å². The van der Waals surface area contributed by atoms with Gasteiger partial charge in [-0.25, -0.2) is 9.13 Å².